The van der Waals surface area contributed by atoms with Crippen LogP contribution in [-0.4, -0.2) is 15.8 Å². The van der Waals surface area contributed by atoms with Gasteiger partial charge in [0, 0.05) is 13.0 Å². The first-order valence-electron chi connectivity index (χ1n) is 4.72. The number of nitrogens with zero attached hydrogens (tertiary/aromatic N) is 2. The number of aldehydes is 1. The lowest BCUT2D eigenvalue weighted by Crippen LogP contribution is -1.92. The molecule has 14 heavy (non-hydrogen) atoms. The number of carbonyl (C=O) groups is 1. The average Bonchev–Trinajstić information content (AvgIpc) is 2.60. The molecule has 0 aliphatic rings. The van der Waals surface area contributed by atoms with E-state index >= 15 is 0 Å². The van der Waals surface area contributed by atoms with Gasteiger partial charge in [0.05, 0.1) is 17.4 Å². The number of fused-ring (bicyclic) bond motifs is 1. The van der Waals surface area contributed by atoms with E-state index in [9.17, 15) is 4.79 Å². The molecule has 0 saturated carbocycles. The molecule has 3 heteroatoms. The van der Waals surface area contributed by atoms with Gasteiger partial charge in [0.1, 0.15) is 6.29 Å². The molecule has 0 spiro atoms. The molecule has 0 atom stereocenters. The van der Waals surface area contributed by atoms with E-state index in [2.05, 4.69) is 16.5 Å². The van der Waals surface area contributed by atoms with Crippen LogP contribution in [0.5, 0.6) is 0 Å². The summed E-state index contributed by atoms with van der Waals surface area (Å²) in [6.07, 6.45) is 3.23. The number of hydrogen-bond donors (Lipinski definition) is 0. The number of hydrogen-bond acceptors (Lipinski definition) is 2. The third-order valence-corrected chi connectivity index (χ3v) is 2.35. The third-order valence-electron chi connectivity index (χ3n) is 2.35. The summed E-state index contributed by atoms with van der Waals surface area (Å²) >= 11 is 0. The van der Waals surface area contributed by atoms with Crippen molar-refractivity contribution < 1.29 is 4.79 Å². The van der Waals surface area contributed by atoms with Crippen LogP contribution in [0.15, 0.2) is 24.5 Å². The summed E-state index contributed by atoms with van der Waals surface area (Å²) in [5.74, 6) is 0. The molecule has 0 saturated heterocycles. The molecule has 1 heterocycles. The fourth-order valence-corrected chi connectivity index (χ4v) is 1.58. The van der Waals surface area contributed by atoms with E-state index < -0.39 is 0 Å². The highest BCUT2D eigenvalue weighted by Gasteiger charge is 2.01. The molecule has 0 unspecified atom stereocenters. The Bertz CT molecular complexity index is 459. The lowest BCUT2D eigenvalue weighted by atomic mass is 10.1. The molecule has 0 radical (unpaired) electrons. The Hall–Kier alpha value is -1.64. The zero-order valence-electron chi connectivity index (χ0n) is 8.10. The van der Waals surface area contributed by atoms with Crippen molar-refractivity contribution in [2.75, 3.05) is 0 Å². The first-order chi connectivity index (χ1) is 6.85. The lowest BCUT2D eigenvalue weighted by Gasteiger charge is -2.00. The number of aryl methyl sites for hydroxylation is 1. The van der Waals surface area contributed by atoms with Crippen molar-refractivity contribution >= 4 is 17.3 Å². The van der Waals surface area contributed by atoms with Crippen molar-refractivity contribution in [2.45, 2.75) is 19.9 Å². The highest BCUT2D eigenvalue weighted by Crippen LogP contribution is 2.14. The van der Waals surface area contributed by atoms with Crippen molar-refractivity contribution in [3.05, 3.63) is 30.1 Å². The zero-order chi connectivity index (χ0) is 9.97. The second-order valence-corrected chi connectivity index (χ2v) is 3.22. The highest BCUT2D eigenvalue weighted by atomic mass is 16.1. The lowest BCUT2D eigenvalue weighted by molar-refractivity contribution is -0.107. The molecule has 0 aliphatic carbocycles. The maximum absolute atomic E-state index is 10.4. The van der Waals surface area contributed by atoms with Crippen molar-refractivity contribution in [2.24, 2.45) is 0 Å². The van der Waals surface area contributed by atoms with Crippen molar-refractivity contribution in [3.8, 4) is 0 Å². The number of benzene rings is 1. The van der Waals surface area contributed by atoms with E-state index in [-0.39, 0.29) is 0 Å². The standard InChI is InChI=1S/C11H12N2O/c1-2-13-8-12-10-4-3-9(5-6-14)7-11(10)13/h3-4,6-8H,2,5H2,1H3. The summed E-state index contributed by atoms with van der Waals surface area (Å²) in [6, 6.07) is 5.93. The second kappa shape index (κ2) is 3.62. The van der Waals surface area contributed by atoms with E-state index in [0.29, 0.717) is 6.42 Å². The third kappa shape index (κ3) is 1.41. The van der Waals surface area contributed by atoms with Gasteiger partial charge in [-0.2, -0.15) is 0 Å². The van der Waals surface area contributed by atoms with Crippen LogP contribution in [0.1, 0.15) is 12.5 Å². The minimum atomic E-state index is 0.477. The predicted molar refractivity (Wildman–Crippen MR) is 55.2 cm³/mol. The summed E-state index contributed by atoms with van der Waals surface area (Å²) < 4.78 is 2.07. The minimum absolute atomic E-state index is 0.477. The number of aromatic nitrogens is 2. The van der Waals surface area contributed by atoms with Gasteiger partial charge in [0.15, 0.2) is 0 Å². The zero-order valence-corrected chi connectivity index (χ0v) is 8.10. The average molecular weight is 188 g/mol. The second-order valence-electron chi connectivity index (χ2n) is 3.22. The van der Waals surface area contributed by atoms with Gasteiger partial charge in [-0.1, -0.05) is 6.07 Å². The number of carbonyl (C=O) groups excluding carboxylic acids is 1. The molecule has 0 amide bonds. The van der Waals surface area contributed by atoms with Crippen molar-refractivity contribution in [1.29, 1.82) is 0 Å². The summed E-state index contributed by atoms with van der Waals surface area (Å²) in [4.78, 5) is 14.6. The molecule has 72 valence electrons. The summed E-state index contributed by atoms with van der Waals surface area (Å²) in [5, 5.41) is 0. The molecule has 2 aromatic rings. The van der Waals surface area contributed by atoms with E-state index in [0.717, 1.165) is 29.4 Å². The molecule has 0 aliphatic heterocycles. The first kappa shape index (κ1) is 8.94. The molecule has 1 aromatic carbocycles. The molecule has 0 N–H and O–H groups in total. The molecule has 0 fully saturated rings. The van der Waals surface area contributed by atoms with E-state index in [1.54, 1.807) is 0 Å². The van der Waals surface area contributed by atoms with Gasteiger partial charge in [-0.15, -0.1) is 0 Å². The summed E-state index contributed by atoms with van der Waals surface area (Å²) in [6.45, 7) is 2.98. The molecule has 1 aromatic heterocycles. The van der Waals surface area contributed by atoms with Crippen LogP contribution >= 0.6 is 0 Å². The molecule has 0 bridgehead atoms. The Kier molecular flexibility index (Phi) is 2.31. The molecular formula is C11H12N2O. The number of rotatable bonds is 3. The Morgan fingerprint density at radius 3 is 3.07 bits per heavy atom. The van der Waals surface area contributed by atoms with Gasteiger partial charge in [0.2, 0.25) is 0 Å². The SMILES string of the molecule is CCn1cnc2ccc(CC=O)cc21. The van der Waals surface area contributed by atoms with Crippen LogP contribution in [0.2, 0.25) is 0 Å². The first-order valence-corrected chi connectivity index (χ1v) is 4.72. The van der Waals surface area contributed by atoms with E-state index in [1.165, 1.54) is 0 Å². The normalized spacial score (nSPS) is 10.6. The van der Waals surface area contributed by atoms with E-state index in [4.69, 9.17) is 0 Å². The molecule has 2 rings (SSSR count). The van der Waals surface area contributed by atoms with Crippen LogP contribution in [-0.2, 0) is 17.8 Å². The fraction of sp³-hybridized carbons (Fsp3) is 0.273. The van der Waals surface area contributed by atoms with Gasteiger partial charge >= 0.3 is 0 Å². The fourth-order valence-electron chi connectivity index (χ4n) is 1.58. The van der Waals surface area contributed by atoms with Crippen LogP contribution < -0.4 is 0 Å². The van der Waals surface area contributed by atoms with Crippen LogP contribution in [0.4, 0.5) is 0 Å². The van der Waals surface area contributed by atoms with Gasteiger partial charge in [-0.3, -0.25) is 0 Å². The van der Waals surface area contributed by atoms with Crippen LogP contribution in [0.25, 0.3) is 11.0 Å². The summed E-state index contributed by atoms with van der Waals surface area (Å²) in [7, 11) is 0. The minimum Gasteiger partial charge on any atom is -0.331 e. The number of imidazole rings is 1. The Labute approximate surface area is 82.4 Å². The monoisotopic (exact) mass is 188 g/mol. The predicted octanol–water partition coefficient (Wildman–Crippen LogP) is 1.80. The Morgan fingerprint density at radius 1 is 1.50 bits per heavy atom. The largest absolute Gasteiger partial charge is 0.331 e. The quantitative estimate of drug-likeness (QED) is 0.688. The maximum atomic E-state index is 10.4. The topological polar surface area (TPSA) is 34.9 Å². The van der Waals surface area contributed by atoms with Gasteiger partial charge in [-0.25, -0.2) is 4.98 Å². The molecule has 3 nitrogen and oxygen atoms in total. The van der Waals surface area contributed by atoms with Gasteiger partial charge in [0.25, 0.3) is 0 Å². The Morgan fingerprint density at radius 2 is 2.36 bits per heavy atom. The summed E-state index contributed by atoms with van der Waals surface area (Å²) in [5.41, 5.74) is 3.14. The smallest absolute Gasteiger partial charge is 0.124 e. The van der Waals surface area contributed by atoms with Crippen molar-refractivity contribution in [3.63, 3.8) is 0 Å². The van der Waals surface area contributed by atoms with Crippen molar-refractivity contribution in [1.82, 2.24) is 9.55 Å². The van der Waals surface area contributed by atoms with Crippen LogP contribution in [0.3, 0.4) is 0 Å². The Balaban J connectivity index is 2.55. The van der Waals surface area contributed by atoms with Gasteiger partial charge in [-0.05, 0) is 24.6 Å². The van der Waals surface area contributed by atoms with Crippen LogP contribution in [0, 0.1) is 0 Å². The van der Waals surface area contributed by atoms with Gasteiger partial charge < -0.3 is 9.36 Å². The highest BCUT2D eigenvalue weighted by molar-refractivity contribution is 5.77. The van der Waals surface area contributed by atoms with E-state index in [1.807, 2.05) is 24.5 Å². The molecular weight excluding hydrogens is 176 g/mol. The maximum Gasteiger partial charge on any atom is 0.124 e.